The van der Waals surface area contributed by atoms with Gasteiger partial charge in [-0.3, -0.25) is 4.79 Å². The van der Waals surface area contributed by atoms with Gasteiger partial charge in [-0.2, -0.15) is 13.2 Å². The second kappa shape index (κ2) is 7.24. The van der Waals surface area contributed by atoms with E-state index in [0.717, 1.165) is 23.5 Å². The lowest BCUT2D eigenvalue weighted by Crippen LogP contribution is -2.22. The Morgan fingerprint density at radius 2 is 1.70 bits per heavy atom. The van der Waals surface area contributed by atoms with Crippen molar-refractivity contribution in [2.24, 2.45) is 0 Å². The van der Waals surface area contributed by atoms with Gasteiger partial charge in [0.2, 0.25) is 5.91 Å². The quantitative estimate of drug-likeness (QED) is 0.515. The van der Waals surface area contributed by atoms with Gasteiger partial charge in [0.15, 0.2) is 0 Å². The third-order valence-corrected chi connectivity index (χ3v) is 6.16. The van der Waals surface area contributed by atoms with Crippen LogP contribution >= 0.6 is 11.3 Å². The Hall–Kier alpha value is -3.20. The molecule has 0 unspecified atom stereocenters. The number of amides is 1. The van der Waals surface area contributed by atoms with Crippen LogP contribution in [-0.2, 0) is 11.0 Å². The minimum absolute atomic E-state index is 0.0270. The Morgan fingerprint density at radius 1 is 1.07 bits per heavy atom. The lowest BCUT2D eigenvalue weighted by Gasteiger charge is -2.24. The number of carboxylic acid groups (broad SMARTS) is 1. The highest BCUT2D eigenvalue weighted by Gasteiger charge is 2.35. The lowest BCUT2D eigenvalue weighted by molar-refractivity contribution is -0.137. The van der Waals surface area contributed by atoms with Gasteiger partial charge in [0, 0.05) is 22.8 Å². The monoisotopic (exact) mass is 435 g/mol. The molecular formula is C21H13F4NO3S. The Balaban J connectivity index is 1.86. The Kier molecular flexibility index (Phi) is 4.85. The second-order valence-corrected chi connectivity index (χ2v) is 7.83. The highest BCUT2D eigenvalue weighted by molar-refractivity contribution is 7.15. The number of nitrogens with one attached hydrogen (secondary N) is 1. The van der Waals surface area contributed by atoms with Crippen LogP contribution in [-0.4, -0.2) is 17.0 Å². The number of hydrogen-bond acceptors (Lipinski definition) is 3. The predicted molar refractivity (Wildman–Crippen MR) is 103 cm³/mol. The molecule has 1 aromatic heterocycles. The summed E-state index contributed by atoms with van der Waals surface area (Å²) in [6.07, 6.45) is -4.51. The molecule has 2 N–H and O–H groups in total. The summed E-state index contributed by atoms with van der Waals surface area (Å²) in [7, 11) is 0. The van der Waals surface area contributed by atoms with Gasteiger partial charge in [-0.1, -0.05) is 24.3 Å². The number of carbonyl (C=O) groups is 2. The van der Waals surface area contributed by atoms with Crippen molar-refractivity contribution in [3.8, 4) is 11.1 Å². The summed E-state index contributed by atoms with van der Waals surface area (Å²) < 4.78 is 51.9. The van der Waals surface area contributed by atoms with Crippen LogP contribution in [0.4, 0.5) is 23.2 Å². The van der Waals surface area contributed by atoms with E-state index >= 15 is 0 Å². The number of rotatable bonds is 3. The molecule has 0 saturated carbocycles. The van der Waals surface area contributed by atoms with Crippen LogP contribution in [0.3, 0.4) is 0 Å². The van der Waals surface area contributed by atoms with Gasteiger partial charge in [0.25, 0.3) is 0 Å². The smallest absolute Gasteiger partial charge is 0.416 e. The van der Waals surface area contributed by atoms with Gasteiger partial charge in [-0.15, -0.1) is 11.3 Å². The normalized spacial score (nSPS) is 16.1. The molecule has 0 aliphatic carbocycles. The van der Waals surface area contributed by atoms with E-state index in [-0.39, 0.29) is 22.8 Å². The van der Waals surface area contributed by atoms with Crippen LogP contribution in [0.1, 0.15) is 38.0 Å². The number of alkyl halides is 3. The van der Waals surface area contributed by atoms with Crippen molar-refractivity contribution in [1.29, 1.82) is 0 Å². The van der Waals surface area contributed by atoms with Gasteiger partial charge in [-0.25, -0.2) is 9.18 Å². The van der Waals surface area contributed by atoms with Crippen molar-refractivity contribution < 1.29 is 32.3 Å². The van der Waals surface area contributed by atoms with Crippen LogP contribution in [0.15, 0.2) is 48.5 Å². The molecule has 1 aliphatic rings. The maximum atomic E-state index is 13.3. The number of anilines is 1. The highest BCUT2D eigenvalue weighted by Crippen LogP contribution is 2.49. The fourth-order valence-electron chi connectivity index (χ4n) is 3.50. The van der Waals surface area contributed by atoms with E-state index in [1.807, 2.05) is 0 Å². The first-order valence-electron chi connectivity index (χ1n) is 8.78. The number of hydrogen-bond donors (Lipinski definition) is 2. The van der Waals surface area contributed by atoms with E-state index in [1.165, 1.54) is 36.4 Å². The molecule has 2 heterocycles. The maximum Gasteiger partial charge on any atom is 0.416 e. The van der Waals surface area contributed by atoms with Crippen molar-refractivity contribution in [2.45, 2.75) is 18.5 Å². The minimum Gasteiger partial charge on any atom is -0.477 e. The molecule has 1 aliphatic heterocycles. The number of aromatic carboxylic acids is 1. The molecule has 3 aromatic rings. The average Bonchev–Trinajstić information content (AvgIpc) is 3.07. The largest absolute Gasteiger partial charge is 0.477 e. The summed E-state index contributed by atoms with van der Waals surface area (Å²) in [5.74, 6) is -2.68. The third kappa shape index (κ3) is 3.56. The van der Waals surface area contributed by atoms with Crippen molar-refractivity contribution in [3.05, 3.63) is 75.2 Å². The Morgan fingerprint density at radius 3 is 2.27 bits per heavy atom. The second-order valence-electron chi connectivity index (χ2n) is 6.78. The Bertz CT molecular complexity index is 1130. The van der Waals surface area contributed by atoms with Crippen molar-refractivity contribution in [2.75, 3.05) is 5.32 Å². The van der Waals surface area contributed by atoms with E-state index < -0.39 is 29.4 Å². The van der Waals surface area contributed by atoms with Crippen LogP contribution in [0.5, 0.6) is 0 Å². The molecule has 0 spiro atoms. The van der Waals surface area contributed by atoms with Crippen LogP contribution in [0.2, 0.25) is 0 Å². The van der Waals surface area contributed by atoms with Gasteiger partial charge in [0.05, 0.1) is 11.3 Å². The summed E-state index contributed by atoms with van der Waals surface area (Å²) in [6, 6.07) is 9.67. The van der Waals surface area contributed by atoms with Gasteiger partial charge in [-0.05, 0) is 35.4 Å². The van der Waals surface area contributed by atoms with Crippen LogP contribution in [0, 0.1) is 5.82 Å². The van der Waals surface area contributed by atoms with Crippen LogP contribution in [0.25, 0.3) is 11.1 Å². The Labute approximate surface area is 171 Å². The number of carbonyl (C=O) groups excluding carboxylic acids is 1. The van der Waals surface area contributed by atoms with Gasteiger partial charge < -0.3 is 10.4 Å². The molecule has 4 rings (SSSR count). The number of carboxylic acids is 1. The summed E-state index contributed by atoms with van der Waals surface area (Å²) in [6.45, 7) is 0. The average molecular weight is 435 g/mol. The summed E-state index contributed by atoms with van der Waals surface area (Å²) in [4.78, 5) is 24.7. The van der Waals surface area contributed by atoms with Crippen LogP contribution < -0.4 is 5.32 Å². The SMILES string of the molecule is O=C1C[C@H](c2ccc(C(F)(F)F)cc2)c2sc(C(=O)O)c(-c3ccc(F)cc3)c2N1. The summed E-state index contributed by atoms with van der Waals surface area (Å²) in [5.41, 5.74) is 0.636. The topological polar surface area (TPSA) is 66.4 Å². The standard InChI is InChI=1S/C21H13F4NO3S/c22-13-7-3-11(4-8-13)16-17-18(30-19(16)20(28)29)14(9-15(27)26-17)10-1-5-12(6-2-10)21(23,24)25/h1-8,14H,9H2,(H,26,27)(H,28,29)/t14-/m1/s1. The van der Waals surface area contributed by atoms with Gasteiger partial charge in [0.1, 0.15) is 10.7 Å². The zero-order valence-electron chi connectivity index (χ0n) is 15.1. The predicted octanol–water partition coefficient (Wildman–Crippen LogP) is 5.75. The lowest BCUT2D eigenvalue weighted by atomic mass is 9.88. The zero-order chi connectivity index (χ0) is 21.6. The molecule has 0 radical (unpaired) electrons. The molecule has 0 fully saturated rings. The first-order valence-corrected chi connectivity index (χ1v) is 9.59. The van der Waals surface area contributed by atoms with Crippen molar-refractivity contribution in [1.82, 2.24) is 0 Å². The van der Waals surface area contributed by atoms with E-state index in [9.17, 15) is 32.3 Å². The van der Waals surface area contributed by atoms with Crippen molar-refractivity contribution in [3.63, 3.8) is 0 Å². The molecule has 4 nitrogen and oxygen atoms in total. The van der Waals surface area contributed by atoms with Crippen molar-refractivity contribution >= 4 is 28.9 Å². The summed E-state index contributed by atoms with van der Waals surface area (Å²) >= 11 is 0.954. The fraction of sp³-hybridized carbons (Fsp3) is 0.143. The molecule has 0 saturated heterocycles. The van der Waals surface area contributed by atoms with E-state index in [2.05, 4.69) is 5.32 Å². The highest BCUT2D eigenvalue weighted by atomic mass is 32.1. The van der Waals surface area contributed by atoms with E-state index in [4.69, 9.17) is 0 Å². The zero-order valence-corrected chi connectivity index (χ0v) is 15.9. The summed E-state index contributed by atoms with van der Waals surface area (Å²) in [5, 5.41) is 12.4. The van der Waals surface area contributed by atoms with E-state index in [0.29, 0.717) is 21.7 Å². The minimum atomic E-state index is -4.48. The molecule has 2 aromatic carbocycles. The molecular weight excluding hydrogens is 422 g/mol. The maximum absolute atomic E-state index is 13.3. The third-order valence-electron chi connectivity index (χ3n) is 4.87. The number of thiophene rings is 1. The molecule has 1 atom stereocenters. The number of benzene rings is 2. The van der Waals surface area contributed by atoms with E-state index in [1.54, 1.807) is 0 Å². The molecule has 154 valence electrons. The first kappa shape index (κ1) is 20.1. The fourth-order valence-corrected chi connectivity index (χ4v) is 4.75. The molecule has 1 amide bonds. The number of halogens is 4. The molecule has 9 heteroatoms. The molecule has 30 heavy (non-hydrogen) atoms. The molecule has 0 bridgehead atoms. The first-order chi connectivity index (χ1) is 14.1. The number of fused-ring (bicyclic) bond motifs is 1. The van der Waals surface area contributed by atoms with Gasteiger partial charge >= 0.3 is 12.1 Å².